The second kappa shape index (κ2) is 12.2. The van der Waals surface area contributed by atoms with E-state index in [0.717, 1.165) is 70.5 Å². The van der Waals surface area contributed by atoms with Gasteiger partial charge in [-0.05, 0) is 94.1 Å². The van der Waals surface area contributed by atoms with Gasteiger partial charge in [0.1, 0.15) is 17.0 Å². The van der Waals surface area contributed by atoms with Crippen LogP contribution in [0, 0.1) is 11.7 Å². The summed E-state index contributed by atoms with van der Waals surface area (Å²) in [5.74, 6) is 1.21. The van der Waals surface area contributed by atoms with Crippen molar-refractivity contribution in [2.45, 2.75) is 84.0 Å². The molecule has 1 aliphatic carbocycles. The zero-order chi connectivity index (χ0) is 22.1. The minimum absolute atomic E-state index is 0.118. The highest BCUT2D eigenvalue weighted by atomic mass is 19.1. The van der Waals surface area contributed by atoms with E-state index in [0.29, 0.717) is 23.1 Å². The summed E-state index contributed by atoms with van der Waals surface area (Å²) in [5.41, 5.74) is 0.150. The van der Waals surface area contributed by atoms with Crippen LogP contribution in [0.25, 0.3) is 10.8 Å². The Hall–Kier alpha value is -1.94. The molecule has 1 aromatic heterocycles. The predicted molar refractivity (Wildman–Crippen MR) is 125 cm³/mol. The number of rotatable bonds is 11. The van der Waals surface area contributed by atoms with Crippen molar-refractivity contribution < 1.29 is 13.5 Å². The fourth-order valence-corrected chi connectivity index (χ4v) is 4.83. The molecule has 1 heterocycles. The van der Waals surface area contributed by atoms with Gasteiger partial charge in [0.25, 0.3) is 0 Å². The topological polar surface area (TPSA) is 39.4 Å². The molecule has 0 atom stereocenters. The monoisotopic (exact) mass is 428 g/mol. The van der Waals surface area contributed by atoms with E-state index in [4.69, 9.17) is 9.15 Å². The molecule has 0 spiro atoms. The Morgan fingerprint density at radius 1 is 1.16 bits per heavy atom. The van der Waals surface area contributed by atoms with Crippen LogP contribution in [0.4, 0.5) is 4.39 Å². The number of unbranched alkanes of at least 4 members (excludes halogenated alkanes) is 2. The van der Waals surface area contributed by atoms with E-state index in [2.05, 4.69) is 19.1 Å². The summed E-state index contributed by atoms with van der Waals surface area (Å²) in [6.45, 7) is 5.56. The second-order valence-corrected chi connectivity index (χ2v) is 8.80. The van der Waals surface area contributed by atoms with Crippen molar-refractivity contribution in [2.24, 2.45) is 5.92 Å². The number of ether oxygens (including phenoxy) is 1. The maximum atomic E-state index is 15.3. The first-order valence-corrected chi connectivity index (χ1v) is 12.1. The Morgan fingerprint density at radius 2 is 1.97 bits per heavy atom. The van der Waals surface area contributed by atoms with Gasteiger partial charge in [0.15, 0.2) is 0 Å². The van der Waals surface area contributed by atoms with Crippen molar-refractivity contribution in [3.05, 3.63) is 57.9 Å². The highest BCUT2D eigenvalue weighted by molar-refractivity contribution is 5.83. The standard InChI is InChI=1S/C27H37FO3/c1-3-5-7-10-20-12-14-21(15-13-20)24-17-16-22-19-23(11-8-6-9-18-30-4-2)31-27(29)25(22)26(24)28/h3,5,16-17,19-21H,4,6-15,18H2,1-2H3/b5-3+. The molecule has 2 aromatic rings. The average Bonchev–Trinajstić information content (AvgIpc) is 2.77. The quantitative estimate of drug-likeness (QED) is 0.278. The lowest BCUT2D eigenvalue weighted by atomic mass is 9.77. The third-order valence-electron chi connectivity index (χ3n) is 6.63. The van der Waals surface area contributed by atoms with Crippen LogP contribution in [0.5, 0.6) is 0 Å². The molecule has 0 saturated heterocycles. The van der Waals surface area contributed by atoms with E-state index in [1.54, 1.807) is 0 Å². The van der Waals surface area contributed by atoms with E-state index in [1.165, 1.54) is 6.42 Å². The molecule has 1 fully saturated rings. The van der Waals surface area contributed by atoms with Crippen LogP contribution in [0.2, 0.25) is 0 Å². The summed E-state index contributed by atoms with van der Waals surface area (Å²) in [6.07, 6.45) is 14.6. The van der Waals surface area contributed by atoms with E-state index < -0.39 is 5.63 Å². The molecule has 1 aromatic carbocycles. The number of allylic oxidation sites excluding steroid dienone is 2. The molecule has 3 rings (SSSR count). The fraction of sp³-hybridized carbons (Fsp3) is 0.593. The maximum Gasteiger partial charge on any atom is 0.346 e. The van der Waals surface area contributed by atoms with Crippen LogP contribution in [0.3, 0.4) is 0 Å². The first-order valence-electron chi connectivity index (χ1n) is 12.1. The molecule has 31 heavy (non-hydrogen) atoms. The van der Waals surface area contributed by atoms with Crippen LogP contribution in [0.1, 0.15) is 88.9 Å². The second-order valence-electron chi connectivity index (χ2n) is 8.80. The Kier molecular flexibility index (Phi) is 9.32. The number of hydrogen-bond acceptors (Lipinski definition) is 3. The van der Waals surface area contributed by atoms with Crippen LogP contribution < -0.4 is 5.63 Å². The Morgan fingerprint density at radius 3 is 2.71 bits per heavy atom. The van der Waals surface area contributed by atoms with Crippen molar-refractivity contribution in [3.63, 3.8) is 0 Å². The number of fused-ring (bicyclic) bond motifs is 1. The molecule has 0 radical (unpaired) electrons. The van der Waals surface area contributed by atoms with Gasteiger partial charge >= 0.3 is 5.63 Å². The summed E-state index contributed by atoms with van der Waals surface area (Å²) < 4.78 is 26.2. The van der Waals surface area contributed by atoms with E-state index in [-0.39, 0.29) is 17.1 Å². The van der Waals surface area contributed by atoms with Gasteiger partial charge in [0, 0.05) is 19.6 Å². The van der Waals surface area contributed by atoms with Crippen molar-refractivity contribution in [1.82, 2.24) is 0 Å². The van der Waals surface area contributed by atoms with Crippen molar-refractivity contribution in [3.8, 4) is 0 Å². The minimum atomic E-state index is -0.541. The summed E-state index contributed by atoms with van der Waals surface area (Å²) >= 11 is 0. The first kappa shape index (κ1) is 23.7. The van der Waals surface area contributed by atoms with E-state index >= 15 is 4.39 Å². The van der Waals surface area contributed by atoms with Crippen LogP contribution >= 0.6 is 0 Å². The summed E-state index contributed by atoms with van der Waals surface area (Å²) in [6, 6.07) is 5.64. The van der Waals surface area contributed by atoms with Gasteiger partial charge in [-0.3, -0.25) is 0 Å². The number of halogens is 1. The lowest BCUT2D eigenvalue weighted by molar-refractivity contribution is 0.143. The molecular formula is C27H37FO3. The Bertz CT molecular complexity index is 907. The SMILES string of the molecule is C/C=C/CCC1CCC(c2ccc3cc(CCCCCOCC)oc(=O)c3c2F)CC1. The normalized spacial score (nSPS) is 19.5. The van der Waals surface area contributed by atoms with Gasteiger partial charge < -0.3 is 9.15 Å². The highest BCUT2D eigenvalue weighted by Crippen LogP contribution is 2.39. The maximum absolute atomic E-state index is 15.3. The zero-order valence-electron chi connectivity index (χ0n) is 19.1. The van der Waals surface area contributed by atoms with Crippen molar-refractivity contribution in [2.75, 3.05) is 13.2 Å². The van der Waals surface area contributed by atoms with Gasteiger partial charge in [0.2, 0.25) is 0 Å². The van der Waals surface area contributed by atoms with Crippen molar-refractivity contribution >= 4 is 10.8 Å². The Labute approximate surface area is 185 Å². The largest absolute Gasteiger partial charge is 0.427 e. The van der Waals surface area contributed by atoms with Crippen LogP contribution in [-0.4, -0.2) is 13.2 Å². The third kappa shape index (κ3) is 6.52. The van der Waals surface area contributed by atoms with Gasteiger partial charge in [-0.1, -0.05) is 30.7 Å². The third-order valence-corrected chi connectivity index (χ3v) is 6.63. The average molecular weight is 429 g/mol. The molecule has 170 valence electrons. The van der Waals surface area contributed by atoms with Gasteiger partial charge in [-0.25, -0.2) is 9.18 Å². The molecule has 1 aliphatic rings. The Balaban J connectivity index is 1.64. The molecule has 0 bridgehead atoms. The van der Waals surface area contributed by atoms with Crippen LogP contribution in [0.15, 0.2) is 39.6 Å². The van der Waals surface area contributed by atoms with Crippen molar-refractivity contribution in [1.29, 1.82) is 0 Å². The smallest absolute Gasteiger partial charge is 0.346 e. The van der Waals surface area contributed by atoms with Crippen LogP contribution in [-0.2, 0) is 11.2 Å². The molecule has 0 aliphatic heterocycles. The zero-order valence-corrected chi connectivity index (χ0v) is 19.1. The molecule has 0 N–H and O–H groups in total. The molecular weight excluding hydrogens is 391 g/mol. The van der Waals surface area contributed by atoms with E-state index in [9.17, 15) is 4.79 Å². The fourth-order valence-electron chi connectivity index (χ4n) is 4.83. The summed E-state index contributed by atoms with van der Waals surface area (Å²) in [7, 11) is 0. The van der Waals surface area contributed by atoms with Gasteiger partial charge in [0.05, 0.1) is 0 Å². The lowest BCUT2D eigenvalue weighted by Gasteiger charge is -2.29. The number of benzene rings is 1. The highest BCUT2D eigenvalue weighted by Gasteiger charge is 2.25. The summed E-state index contributed by atoms with van der Waals surface area (Å²) in [5, 5.41) is 0.773. The summed E-state index contributed by atoms with van der Waals surface area (Å²) in [4.78, 5) is 12.6. The van der Waals surface area contributed by atoms with Gasteiger partial charge in [-0.15, -0.1) is 0 Å². The minimum Gasteiger partial charge on any atom is -0.427 e. The lowest BCUT2D eigenvalue weighted by Crippen LogP contribution is -2.15. The predicted octanol–water partition coefficient (Wildman–Crippen LogP) is 7.31. The first-order chi connectivity index (χ1) is 15.1. The molecule has 3 nitrogen and oxygen atoms in total. The molecule has 1 saturated carbocycles. The molecule has 0 amide bonds. The number of aryl methyl sites for hydroxylation is 1. The van der Waals surface area contributed by atoms with E-state index in [1.807, 2.05) is 25.1 Å². The molecule has 0 unspecified atom stereocenters. The number of hydrogen-bond donors (Lipinski definition) is 0. The van der Waals surface area contributed by atoms with Gasteiger partial charge in [-0.2, -0.15) is 0 Å². The molecule has 4 heteroatoms.